The fourth-order valence-corrected chi connectivity index (χ4v) is 7.52. The third kappa shape index (κ3) is 3.63. The van der Waals surface area contributed by atoms with Crippen molar-refractivity contribution < 1.29 is 0 Å². The molecule has 0 unspecified atom stereocenters. The molecular formula is C42H25N3. The Hall–Kier alpha value is -6.11. The number of aromatic nitrogens is 2. The predicted octanol–water partition coefficient (Wildman–Crippen LogP) is 9.69. The van der Waals surface area contributed by atoms with Crippen LogP contribution in [0.1, 0.15) is 27.8 Å². The summed E-state index contributed by atoms with van der Waals surface area (Å²) in [6.07, 6.45) is 3.33. The van der Waals surface area contributed by atoms with Gasteiger partial charge in [-0.25, -0.2) is 4.98 Å². The van der Waals surface area contributed by atoms with Crippen LogP contribution in [0.5, 0.6) is 0 Å². The molecule has 0 aliphatic heterocycles. The highest BCUT2D eigenvalue weighted by molar-refractivity contribution is 5.97. The monoisotopic (exact) mass is 571 g/mol. The first kappa shape index (κ1) is 25.4. The van der Waals surface area contributed by atoms with Gasteiger partial charge in [-0.15, -0.1) is 0 Å². The molecule has 7 aromatic rings. The molecule has 2 aliphatic rings. The van der Waals surface area contributed by atoms with E-state index < -0.39 is 5.41 Å². The van der Waals surface area contributed by atoms with Crippen molar-refractivity contribution in [3.63, 3.8) is 0 Å². The van der Waals surface area contributed by atoms with Crippen LogP contribution in [0.25, 0.3) is 55.9 Å². The van der Waals surface area contributed by atoms with Crippen LogP contribution in [-0.4, -0.2) is 9.97 Å². The molecule has 0 atom stereocenters. The molecule has 2 heterocycles. The highest BCUT2D eigenvalue weighted by atomic mass is 14.7. The maximum Gasteiger partial charge on any atom is 0.101 e. The second-order valence-electron chi connectivity index (χ2n) is 11.7. The number of hydrogen-bond donors (Lipinski definition) is 0. The lowest BCUT2D eigenvalue weighted by molar-refractivity contribution is 0.794. The minimum atomic E-state index is -0.399. The van der Waals surface area contributed by atoms with Crippen molar-refractivity contribution >= 4 is 0 Å². The number of fused-ring (bicyclic) bond motifs is 10. The van der Waals surface area contributed by atoms with Gasteiger partial charge in [0, 0.05) is 23.5 Å². The van der Waals surface area contributed by atoms with Crippen molar-refractivity contribution in [1.82, 2.24) is 9.97 Å². The molecule has 5 aromatic carbocycles. The molecule has 0 saturated carbocycles. The summed E-state index contributed by atoms with van der Waals surface area (Å²) in [7, 11) is 0. The molecule has 2 aromatic heterocycles. The molecule has 0 N–H and O–H groups in total. The van der Waals surface area contributed by atoms with Crippen molar-refractivity contribution in [2.75, 3.05) is 0 Å². The summed E-state index contributed by atoms with van der Waals surface area (Å²) in [5.74, 6) is 0. The smallest absolute Gasteiger partial charge is 0.101 e. The Labute approximate surface area is 261 Å². The number of pyridine rings is 2. The quantitative estimate of drug-likeness (QED) is 0.212. The van der Waals surface area contributed by atoms with E-state index in [2.05, 4.69) is 132 Å². The van der Waals surface area contributed by atoms with Crippen molar-refractivity contribution in [1.29, 1.82) is 5.26 Å². The van der Waals surface area contributed by atoms with E-state index in [9.17, 15) is 5.26 Å². The molecule has 0 saturated heterocycles. The summed E-state index contributed by atoms with van der Waals surface area (Å²) in [6, 6.07) is 52.3. The maximum absolute atomic E-state index is 9.40. The van der Waals surface area contributed by atoms with E-state index in [4.69, 9.17) is 4.98 Å². The van der Waals surface area contributed by atoms with Crippen LogP contribution in [0, 0.1) is 11.3 Å². The zero-order valence-corrected chi connectivity index (χ0v) is 24.3. The van der Waals surface area contributed by atoms with Gasteiger partial charge in [0.05, 0.1) is 22.4 Å². The Bertz CT molecular complexity index is 2300. The first-order valence-electron chi connectivity index (χ1n) is 15.1. The average molecular weight is 572 g/mol. The number of nitriles is 1. The number of hydrogen-bond acceptors (Lipinski definition) is 3. The van der Waals surface area contributed by atoms with E-state index in [1.165, 1.54) is 55.6 Å². The molecule has 3 nitrogen and oxygen atoms in total. The summed E-state index contributed by atoms with van der Waals surface area (Å²) >= 11 is 0. The summed E-state index contributed by atoms with van der Waals surface area (Å²) in [4.78, 5) is 9.30. The minimum absolute atomic E-state index is 0.399. The average Bonchev–Trinajstić information content (AvgIpc) is 3.58. The third-order valence-corrected chi connectivity index (χ3v) is 9.40. The lowest BCUT2D eigenvalue weighted by atomic mass is 9.70. The van der Waals surface area contributed by atoms with Gasteiger partial charge in [0.15, 0.2) is 0 Å². The normalized spacial score (nSPS) is 13.0. The van der Waals surface area contributed by atoms with Crippen LogP contribution < -0.4 is 0 Å². The number of benzene rings is 5. The number of nitrogens with zero attached hydrogens (tertiary/aromatic N) is 3. The van der Waals surface area contributed by atoms with Crippen LogP contribution in [0.2, 0.25) is 0 Å². The zero-order valence-electron chi connectivity index (χ0n) is 24.3. The predicted molar refractivity (Wildman–Crippen MR) is 179 cm³/mol. The van der Waals surface area contributed by atoms with E-state index in [1.54, 1.807) is 12.4 Å². The Morgan fingerprint density at radius 3 is 1.71 bits per heavy atom. The molecule has 2 aliphatic carbocycles. The second-order valence-corrected chi connectivity index (χ2v) is 11.7. The van der Waals surface area contributed by atoms with Gasteiger partial charge in [-0.1, -0.05) is 109 Å². The van der Waals surface area contributed by atoms with E-state index >= 15 is 0 Å². The zero-order chi connectivity index (χ0) is 30.0. The first-order valence-corrected chi connectivity index (χ1v) is 15.1. The SMILES string of the molecule is N#Cc1cncc(-c2cccc(-c3ccc4c(c3)-c3cc(-c5ccccc5)ccc3C43c4ccccc4-c4ccccc43)n2)c1. The van der Waals surface area contributed by atoms with Gasteiger partial charge in [0.1, 0.15) is 6.07 Å². The largest absolute Gasteiger partial charge is 0.263 e. The molecule has 1 spiro atoms. The molecule has 208 valence electrons. The van der Waals surface area contributed by atoms with E-state index in [-0.39, 0.29) is 0 Å². The van der Waals surface area contributed by atoms with E-state index in [1.807, 2.05) is 18.2 Å². The highest BCUT2D eigenvalue weighted by Gasteiger charge is 2.51. The summed E-state index contributed by atoms with van der Waals surface area (Å²) in [6.45, 7) is 0. The topological polar surface area (TPSA) is 49.6 Å². The minimum Gasteiger partial charge on any atom is -0.263 e. The van der Waals surface area contributed by atoms with Crippen molar-refractivity contribution in [3.8, 4) is 62.0 Å². The molecule has 0 amide bonds. The molecule has 0 bridgehead atoms. The summed E-state index contributed by atoms with van der Waals surface area (Å²) in [5.41, 5.74) is 16.4. The Morgan fingerprint density at radius 2 is 1.02 bits per heavy atom. The Kier molecular flexibility index (Phi) is 5.48. The lowest BCUT2D eigenvalue weighted by Crippen LogP contribution is -2.25. The third-order valence-electron chi connectivity index (χ3n) is 9.40. The highest BCUT2D eigenvalue weighted by Crippen LogP contribution is 2.63. The Morgan fingerprint density at radius 1 is 0.444 bits per heavy atom. The van der Waals surface area contributed by atoms with Gasteiger partial charge in [-0.2, -0.15) is 5.26 Å². The fourth-order valence-electron chi connectivity index (χ4n) is 7.52. The second kappa shape index (κ2) is 9.71. The Balaban J connectivity index is 1.29. The van der Waals surface area contributed by atoms with Gasteiger partial charge in [-0.05, 0) is 86.0 Å². The standard InChI is InChI=1S/C42H25N3/c43-24-27-21-31(26-44-25-27)41-16-8-15-40(45-41)30-18-20-39-35(23-30)34-22-29(28-9-2-1-3-10-28)17-19-38(34)42(39)36-13-6-4-11-32(36)33-12-5-7-14-37(33)42/h1-23,25-26H. The maximum atomic E-state index is 9.40. The molecule has 45 heavy (non-hydrogen) atoms. The molecule has 0 fully saturated rings. The van der Waals surface area contributed by atoms with Crippen LogP contribution in [0.15, 0.2) is 152 Å². The fraction of sp³-hybridized carbons (Fsp3) is 0.0238. The van der Waals surface area contributed by atoms with Crippen molar-refractivity contribution in [2.45, 2.75) is 5.41 Å². The summed E-state index contributed by atoms with van der Waals surface area (Å²) in [5, 5.41) is 9.40. The van der Waals surface area contributed by atoms with Crippen LogP contribution >= 0.6 is 0 Å². The summed E-state index contributed by atoms with van der Waals surface area (Å²) < 4.78 is 0. The van der Waals surface area contributed by atoms with Gasteiger partial charge in [-0.3, -0.25) is 4.98 Å². The van der Waals surface area contributed by atoms with Gasteiger partial charge >= 0.3 is 0 Å². The molecule has 0 radical (unpaired) electrons. The molecular weight excluding hydrogens is 546 g/mol. The van der Waals surface area contributed by atoms with Gasteiger partial charge < -0.3 is 0 Å². The van der Waals surface area contributed by atoms with E-state index in [0.717, 1.165) is 22.5 Å². The van der Waals surface area contributed by atoms with Crippen LogP contribution in [0.3, 0.4) is 0 Å². The first-order chi connectivity index (χ1) is 22.3. The lowest BCUT2D eigenvalue weighted by Gasteiger charge is -2.30. The molecule has 9 rings (SSSR count). The number of rotatable bonds is 3. The van der Waals surface area contributed by atoms with Crippen molar-refractivity contribution in [2.24, 2.45) is 0 Å². The molecule has 3 heteroatoms. The van der Waals surface area contributed by atoms with Crippen LogP contribution in [0.4, 0.5) is 0 Å². The van der Waals surface area contributed by atoms with Gasteiger partial charge in [0.25, 0.3) is 0 Å². The van der Waals surface area contributed by atoms with Gasteiger partial charge in [0.2, 0.25) is 0 Å². The van der Waals surface area contributed by atoms with Crippen LogP contribution in [-0.2, 0) is 5.41 Å². The van der Waals surface area contributed by atoms with Crippen molar-refractivity contribution in [3.05, 3.63) is 180 Å². The van der Waals surface area contributed by atoms with E-state index in [0.29, 0.717) is 5.56 Å².